The van der Waals surface area contributed by atoms with Gasteiger partial charge in [0.1, 0.15) is 5.75 Å². The Morgan fingerprint density at radius 1 is 1.36 bits per heavy atom. The molecule has 0 saturated heterocycles. The van der Waals surface area contributed by atoms with Gasteiger partial charge in [-0.1, -0.05) is 0 Å². The van der Waals surface area contributed by atoms with Gasteiger partial charge in [0.25, 0.3) is 0 Å². The normalized spacial score (nSPS) is 9.64. The van der Waals surface area contributed by atoms with E-state index in [9.17, 15) is 4.79 Å². The van der Waals surface area contributed by atoms with E-state index in [1.165, 1.54) is 7.05 Å². The van der Waals surface area contributed by atoms with E-state index in [0.717, 1.165) is 16.8 Å². The molecule has 0 aliphatic rings. The lowest BCUT2D eigenvalue weighted by molar-refractivity contribution is 0.203. The van der Waals surface area contributed by atoms with Crippen LogP contribution in [0, 0.1) is 13.8 Å². The first-order chi connectivity index (χ1) is 6.54. The van der Waals surface area contributed by atoms with E-state index in [0.29, 0.717) is 5.75 Å². The molecule has 0 aliphatic heterocycles. The smallest absolute Gasteiger partial charge is 0.410 e. The highest BCUT2D eigenvalue weighted by molar-refractivity contribution is 5.70. The van der Waals surface area contributed by atoms with Gasteiger partial charge in [-0.2, -0.15) is 0 Å². The van der Waals surface area contributed by atoms with Gasteiger partial charge in [0.2, 0.25) is 0 Å². The quantitative estimate of drug-likeness (QED) is 0.667. The summed E-state index contributed by atoms with van der Waals surface area (Å²) in [6.45, 7) is 3.75. The standard InChI is InChI=1S/C10H14N2O2/c1-6-4-8(14-10(13)12-3)5-7(2)9(6)11/h4-5H,11H2,1-3H3,(H,12,13). The molecule has 1 rings (SSSR count). The van der Waals surface area contributed by atoms with Crippen LogP contribution in [0.5, 0.6) is 5.75 Å². The molecule has 0 heterocycles. The number of anilines is 1. The van der Waals surface area contributed by atoms with Gasteiger partial charge in [-0.05, 0) is 37.1 Å². The molecule has 0 saturated carbocycles. The van der Waals surface area contributed by atoms with E-state index in [-0.39, 0.29) is 0 Å². The second-order valence-corrected chi connectivity index (χ2v) is 3.11. The number of ether oxygens (including phenoxy) is 1. The maximum Gasteiger partial charge on any atom is 0.412 e. The largest absolute Gasteiger partial charge is 0.412 e. The summed E-state index contributed by atoms with van der Waals surface area (Å²) in [4.78, 5) is 10.9. The number of nitrogens with two attached hydrogens (primary N) is 1. The van der Waals surface area contributed by atoms with Crippen molar-refractivity contribution in [1.82, 2.24) is 5.32 Å². The number of carbonyl (C=O) groups excluding carboxylic acids is 1. The van der Waals surface area contributed by atoms with Crippen LogP contribution in [0.15, 0.2) is 12.1 Å². The minimum absolute atomic E-state index is 0.478. The molecule has 1 aromatic rings. The van der Waals surface area contributed by atoms with Crippen molar-refractivity contribution in [3.8, 4) is 5.75 Å². The predicted molar refractivity (Wildman–Crippen MR) is 55.4 cm³/mol. The minimum atomic E-state index is -0.478. The molecular weight excluding hydrogens is 180 g/mol. The van der Waals surface area contributed by atoms with Crippen LogP contribution >= 0.6 is 0 Å². The van der Waals surface area contributed by atoms with E-state index >= 15 is 0 Å². The fourth-order valence-corrected chi connectivity index (χ4v) is 1.15. The molecule has 14 heavy (non-hydrogen) atoms. The third-order valence-electron chi connectivity index (χ3n) is 1.98. The fraction of sp³-hybridized carbons (Fsp3) is 0.300. The number of nitrogens with one attached hydrogen (secondary N) is 1. The van der Waals surface area contributed by atoms with Gasteiger partial charge in [0, 0.05) is 12.7 Å². The van der Waals surface area contributed by atoms with E-state index in [2.05, 4.69) is 5.32 Å². The molecule has 0 unspecified atom stereocenters. The zero-order valence-corrected chi connectivity index (χ0v) is 8.55. The highest BCUT2D eigenvalue weighted by atomic mass is 16.5. The monoisotopic (exact) mass is 194 g/mol. The molecular formula is C10H14N2O2. The second-order valence-electron chi connectivity index (χ2n) is 3.11. The number of rotatable bonds is 1. The van der Waals surface area contributed by atoms with Gasteiger partial charge in [-0.15, -0.1) is 0 Å². The molecule has 0 atom stereocenters. The molecule has 3 N–H and O–H groups in total. The van der Waals surface area contributed by atoms with Crippen molar-refractivity contribution >= 4 is 11.8 Å². The van der Waals surface area contributed by atoms with Crippen LogP contribution in [0.4, 0.5) is 10.5 Å². The van der Waals surface area contributed by atoms with Gasteiger partial charge in [0.05, 0.1) is 0 Å². The Morgan fingerprint density at radius 3 is 2.29 bits per heavy atom. The number of benzene rings is 1. The number of aryl methyl sites for hydroxylation is 2. The van der Waals surface area contributed by atoms with E-state index in [1.807, 2.05) is 13.8 Å². The Labute approximate surface area is 83.1 Å². The van der Waals surface area contributed by atoms with Gasteiger partial charge >= 0.3 is 6.09 Å². The van der Waals surface area contributed by atoms with E-state index in [1.54, 1.807) is 12.1 Å². The van der Waals surface area contributed by atoms with Gasteiger partial charge in [-0.25, -0.2) is 4.79 Å². The summed E-state index contributed by atoms with van der Waals surface area (Å²) in [5.74, 6) is 0.508. The zero-order valence-electron chi connectivity index (χ0n) is 8.55. The molecule has 0 aromatic heterocycles. The third kappa shape index (κ3) is 2.16. The van der Waals surface area contributed by atoms with Gasteiger partial charge < -0.3 is 15.8 Å². The number of hydrogen-bond donors (Lipinski definition) is 2. The lowest BCUT2D eigenvalue weighted by Gasteiger charge is -2.08. The van der Waals surface area contributed by atoms with Crippen molar-refractivity contribution in [2.75, 3.05) is 12.8 Å². The maximum absolute atomic E-state index is 10.9. The highest BCUT2D eigenvalue weighted by Gasteiger charge is 2.05. The maximum atomic E-state index is 10.9. The van der Waals surface area contributed by atoms with Crippen molar-refractivity contribution in [1.29, 1.82) is 0 Å². The molecule has 1 amide bonds. The summed E-state index contributed by atoms with van der Waals surface area (Å²) < 4.78 is 4.97. The lowest BCUT2D eigenvalue weighted by atomic mass is 10.1. The van der Waals surface area contributed by atoms with E-state index < -0.39 is 6.09 Å². The fourth-order valence-electron chi connectivity index (χ4n) is 1.15. The average Bonchev–Trinajstić information content (AvgIpc) is 2.14. The van der Waals surface area contributed by atoms with Crippen LogP contribution < -0.4 is 15.8 Å². The Hall–Kier alpha value is -1.71. The Balaban J connectivity index is 2.95. The SMILES string of the molecule is CNC(=O)Oc1cc(C)c(N)c(C)c1. The first kappa shape index (κ1) is 10.4. The predicted octanol–water partition coefficient (Wildman–Crippen LogP) is 1.60. The number of amides is 1. The Kier molecular flexibility index (Phi) is 2.96. The highest BCUT2D eigenvalue weighted by Crippen LogP contribution is 2.23. The van der Waals surface area contributed by atoms with Crippen molar-refractivity contribution in [3.63, 3.8) is 0 Å². The zero-order chi connectivity index (χ0) is 10.7. The topological polar surface area (TPSA) is 64.3 Å². The molecule has 0 radical (unpaired) electrons. The summed E-state index contributed by atoms with van der Waals surface area (Å²) >= 11 is 0. The average molecular weight is 194 g/mol. The van der Waals surface area contributed by atoms with Crippen LogP contribution in [-0.4, -0.2) is 13.1 Å². The van der Waals surface area contributed by atoms with Crippen LogP contribution in [0.2, 0.25) is 0 Å². The van der Waals surface area contributed by atoms with Crippen LogP contribution in [0.1, 0.15) is 11.1 Å². The van der Waals surface area contributed by atoms with Crippen molar-refractivity contribution in [2.45, 2.75) is 13.8 Å². The summed E-state index contributed by atoms with van der Waals surface area (Å²) in [6.07, 6.45) is -0.478. The molecule has 0 bridgehead atoms. The van der Waals surface area contributed by atoms with Crippen molar-refractivity contribution in [2.24, 2.45) is 0 Å². The van der Waals surface area contributed by atoms with Crippen LogP contribution in [0.3, 0.4) is 0 Å². The first-order valence-corrected chi connectivity index (χ1v) is 4.31. The second kappa shape index (κ2) is 4.00. The lowest BCUT2D eigenvalue weighted by Crippen LogP contribution is -2.22. The summed E-state index contributed by atoms with van der Waals surface area (Å²) in [6, 6.07) is 3.47. The molecule has 1 aromatic carbocycles. The van der Waals surface area contributed by atoms with E-state index in [4.69, 9.17) is 10.5 Å². The number of hydrogen-bond acceptors (Lipinski definition) is 3. The van der Waals surface area contributed by atoms with Gasteiger partial charge in [-0.3, -0.25) is 0 Å². The van der Waals surface area contributed by atoms with Crippen molar-refractivity contribution in [3.05, 3.63) is 23.3 Å². The summed E-state index contributed by atoms with van der Waals surface area (Å²) in [7, 11) is 1.51. The Bertz CT molecular complexity index is 338. The molecule has 0 aliphatic carbocycles. The third-order valence-corrected chi connectivity index (χ3v) is 1.98. The molecule has 4 heteroatoms. The molecule has 4 nitrogen and oxygen atoms in total. The number of carbonyl (C=O) groups is 1. The first-order valence-electron chi connectivity index (χ1n) is 4.31. The Morgan fingerprint density at radius 2 is 1.86 bits per heavy atom. The summed E-state index contributed by atoms with van der Waals surface area (Å²) in [5, 5.41) is 2.37. The molecule has 76 valence electrons. The summed E-state index contributed by atoms with van der Waals surface area (Å²) in [5.41, 5.74) is 8.30. The van der Waals surface area contributed by atoms with Crippen LogP contribution in [0.25, 0.3) is 0 Å². The van der Waals surface area contributed by atoms with Gasteiger partial charge in [0.15, 0.2) is 0 Å². The van der Waals surface area contributed by atoms with Crippen molar-refractivity contribution < 1.29 is 9.53 Å². The van der Waals surface area contributed by atoms with Crippen LogP contribution in [-0.2, 0) is 0 Å². The minimum Gasteiger partial charge on any atom is -0.410 e. The number of nitrogen functional groups attached to an aromatic ring is 1. The molecule has 0 fully saturated rings. The molecule has 0 spiro atoms.